The van der Waals surface area contributed by atoms with Gasteiger partial charge >= 0.3 is 0 Å². The van der Waals surface area contributed by atoms with Crippen LogP contribution >= 0.6 is 11.6 Å². The van der Waals surface area contributed by atoms with Crippen molar-refractivity contribution in [3.8, 4) is 11.6 Å². The molecule has 2 aromatic heterocycles. The monoisotopic (exact) mass is 369 g/mol. The average molecular weight is 370 g/mol. The van der Waals surface area contributed by atoms with Gasteiger partial charge in [0.05, 0.1) is 17.3 Å². The van der Waals surface area contributed by atoms with Crippen molar-refractivity contribution in [2.75, 3.05) is 18.0 Å². The highest BCUT2D eigenvalue weighted by Crippen LogP contribution is 2.27. The van der Waals surface area contributed by atoms with Crippen LogP contribution in [0.3, 0.4) is 0 Å². The van der Waals surface area contributed by atoms with Crippen LogP contribution in [0.1, 0.15) is 17.8 Å². The molecule has 0 aliphatic carbocycles. The minimum atomic E-state index is 0.0902. The average Bonchev–Trinajstić information content (AvgIpc) is 3.23. The van der Waals surface area contributed by atoms with E-state index in [1.165, 1.54) is 0 Å². The van der Waals surface area contributed by atoms with Crippen LogP contribution in [0.2, 0.25) is 5.02 Å². The molecule has 3 heterocycles. The van der Waals surface area contributed by atoms with Crippen molar-refractivity contribution in [1.29, 1.82) is 0 Å². The number of ether oxygens (including phenoxy) is 1. The van der Waals surface area contributed by atoms with E-state index in [0.29, 0.717) is 5.02 Å². The van der Waals surface area contributed by atoms with Crippen molar-refractivity contribution in [2.24, 2.45) is 0 Å². The standard InChI is InChI=1S/C19H20ClN5O/c1-13-11-14(2)25(23-13)19-8-7-18(21-22-19)24-10-9-15(12-24)26-17-6-4-3-5-16(17)20/h3-8,11,15H,9-10,12H2,1-2H3/t15-/m1/s1. The first-order valence-corrected chi connectivity index (χ1v) is 9.01. The number of hydrogen-bond donors (Lipinski definition) is 0. The zero-order valence-electron chi connectivity index (χ0n) is 14.8. The van der Waals surface area contributed by atoms with Gasteiger partial charge in [0.2, 0.25) is 0 Å². The van der Waals surface area contributed by atoms with Crippen LogP contribution in [-0.4, -0.2) is 39.2 Å². The second kappa shape index (κ2) is 6.96. The van der Waals surface area contributed by atoms with Crippen molar-refractivity contribution in [1.82, 2.24) is 20.0 Å². The first-order valence-electron chi connectivity index (χ1n) is 8.63. The van der Waals surface area contributed by atoms with E-state index in [2.05, 4.69) is 20.2 Å². The first-order chi connectivity index (χ1) is 12.6. The van der Waals surface area contributed by atoms with Gasteiger partial charge in [0.1, 0.15) is 11.9 Å². The highest BCUT2D eigenvalue weighted by atomic mass is 35.5. The smallest absolute Gasteiger partial charge is 0.176 e. The molecule has 3 aromatic rings. The lowest BCUT2D eigenvalue weighted by molar-refractivity contribution is 0.225. The number of halogens is 1. The van der Waals surface area contributed by atoms with Crippen molar-refractivity contribution < 1.29 is 4.74 Å². The molecule has 1 aromatic carbocycles. The Bertz CT molecular complexity index is 909. The Morgan fingerprint density at radius 3 is 2.54 bits per heavy atom. The largest absolute Gasteiger partial charge is 0.487 e. The maximum Gasteiger partial charge on any atom is 0.176 e. The summed E-state index contributed by atoms with van der Waals surface area (Å²) >= 11 is 6.18. The lowest BCUT2D eigenvalue weighted by Gasteiger charge is -2.18. The van der Waals surface area contributed by atoms with Gasteiger partial charge in [0, 0.05) is 18.7 Å². The molecule has 0 unspecified atom stereocenters. The highest BCUT2D eigenvalue weighted by Gasteiger charge is 2.26. The van der Waals surface area contributed by atoms with Crippen LogP contribution in [0, 0.1) is 13.8 Å². The van der Waals surface area contributed by atoms with Gasteiger partial charge in [-0.1, -0.05) is 23.7 Å². The number of anilines is 1. The Hall–Kier alpha value is -2.60. The molecule has 0 amide bonds. The SMILES string of the molecule is Cc1cc(C)n(-c2ccc(N3CC[C@@H](Oc4ccccc4Cl)C3)nn2)n1. The van der Waals surface area contributed by atoms with E-state index in [4.69, 9.17) is 16.3 Å². The Kier molecular flexibility index (Phi) is 4.51. The number of benzene rings is 1. The summed E-state index contributed by atoms with van der Waals surface area (Å²) in [6, 6.07) is 13.5. The third kappa shape index (κ3) is 3.37. The van der Waals surface area contributed by atoms with E-state index in [0.717, 1.165) is 48.3 Å². The summed E-state index contributed by atoms with van der Waals surface area (Å²) in [5.41, 5.74) is 2.01. The topological polar surface area (TPSA) is 56.1 Å². The van der Waals surface area contributed by atoms with E-state index in [1.807, 2.05) is 56.3 Å². The molecule has 0 saturated carbocycles. The maximum atomic E-state index is 6.18. The van der Waals surface area contributed by atoms with Gasteiger partial charge in [-0.05, 0) is 44.2 Å². The Morgan fingerprint density at radius 2 is 1.85 bits per heavy atom. The molecule has 1 aliphatic rings. The second-order valence-electron chi connectivity index (χ2n) is 6.49. The maximum absolute atomic E-state index is 6.18. The van der Waals surface area contributed by atoms with Gasteiger partial charge in [-0.2, -0.15) is 5.10 Å². The van der Waals surface area contributed by atoms with Crippen LogP contribution in [-0.2, 0) is 0 Å². The number of nitrogens with zero attached hydrogens (tertiary/aromatic N) is 5. The fraction of sp³-hybridized carbons (Fsp3) is 0.316. The third-order valence-corrected chi connectivity index (χ3v) is 4.77. The molecule has 1 fully saturated rings. The molecular weight excluding hydrogens is 350 g/mol. The zero-order chi connectivity index (χ0) is 18.1. The van der Waals surface area contributed by atoms with Gasteiger partial charge in [0.15, 0.2) is 11.6 Å². The first kappa shape index (κ1) is 16.8. The fourth-order valence-electron chi connectivity index (χ4n) is 3.21. The molecule has 0 bridgehead atoms. The predicted octanol–water partition coefficient (Wildman–Crippen LogP) is 3.59. The summed E-state index contributed by atoms with van der Waals surface area (Å²) in [7, 11) is 0. The van der Waals surface area contributed by atoms with E-state index in [-0.39, 0.29) is 6.10 Å². The molecule has 6 nitrogen and oxygen atoms in total. The van der Waals surface area contributed by atoms with Crippen molar-refractivity contribution in [3.63, 3.8) is 0 Å². The summed E-state index contributed by atoms with van der Waals surface area (Å²) < 4.78 is 7.84. The lowest BCUT2D eigenvalue weighted by Crippen LogP contribution is -2.25. The van der Waals surface area contributed by atoms with E-state index in [1.54, 1.807) is 4.68 Å². The molecule has 1 atom stereocenters. The lowest BCUT2D eigenvalue weighted by atomic mass is 10.3. The number of rotatable bonds is 4. The molecule has 0 N–H and O–H groups in total. The summed E-state index contributed by atoms with van der Waals surface area (Å²) in [5.74, 6) is 2.30. The molecule has 26 heavy (non-hydrogen) atoms. The van der Waals surface area contributed by atoms with Crippen LogP contribution < -0.4 is 9.64 Å². The van der Waals surface area contributed by atoms with Gasteiger partial charge in [0.25, 0.3) is 0 Å². The van der Waals surface area contributed by atoms with Crippen LogP contribution in [0.4, 0.5) is 5.82 Å². The van der Waals surface area contributed by atoms with Gasteiger partial charge in [-0.15, -0.1) is 10.2 Å². The van der Waals surface area contributed by atoms with E-state index < -0.39 is 0 Å². The molecule has 1 saturated heterocycles. The summed E-state index contributed by atoms with van der Waals surface area (Å²) in [6.45, 7) is 5.61. The predicted molar refractivity (Wildman–Crippen MR) is 101 cm³/mol. The molecule has 134 valence electrons. The second-order valence-corrected chi connectivity index (χ2v) is 6.90. The summed E-state index contributed by atoms with van der Waals surface area (Å²) in [6.07, 6.45) is 1.01. The van der Waals surface area contributed by atoms with E-state index >= 15 is 0 Å². The molecule has 4 rings (SSSR count). The highest BCUT2D eigenvalue weighted by molar-refractivity contribution is 6.32. The number of para-hydroxylation sites is 1. The van der Waals surface area contributed by atoms with Crippen molar-refractivity contribution in [2.45, 2.75) is 26.4 Å². The summed E-state index contributed by atoms with van der Waals surface area (Å²) in [4.78, 5) is 2.18. The summed E-state index contributed by atoms with van der Waals surface area (Å²) in [5, 5.41) is 13.8. The van der Waals surface area contributed by atoms with Gasteiger partial charge in [-0.25, -0.2) is 4.68 Å². The van der Waals surface area contributed by atoms with Crippen molar-refractivity contribution in [3.05, 3.63) is 58.9 Å². The zero-order valence-corrected chi connectivity index (χ0v) is 15.5. The molecule has 0 radical (unpaired) electrons. The minimum Gasteiger partial charge on any atom is -0.487 e. The molecule has 7 heteroatoms. The van der Waals surface area contributed by atoms with E-state index in [9.17, 15) is 0 Å². The number of hydrogen-bond acceptors (Lipinski definition) is 5. The Balaban J connectivity index is 1.44. The Morgan fingerprint density at radius 1 is 1.08 bits per heavy atom. The van der Waals surface area contributed by atoms with Crippen LogP contribution in [0.5, 0.6) is 5.75 Å². The number of aromatic nitrogens is 4. The minimum absolute atomic E-state index is 0.0902. The Labute approximate surface area is 157 Å². The molecule has 0 spiro atoms. The quantitative estimate of drug-likeness (QED) is 0.703. The van der Waals surface area contributed by atoms with Crippen LogP contribution in [0.25, 0.3) is 5.82 Å². The van der Waals surface area contributed by atoms with Crippen molar-refractivity contribution >= 4 is 17.4 Å². The molecular formula is C19H20ClN5O. The van der Waals surface area contributed by atoms with Gasteiger partial charge < -0.3 is 9.64 Å². The van der Waals surface area contributed by atoms with Gasteiger partial charge in [-0.3, -0.25) is 0 Å². The molecule has 1 aliphatic heterocycles. The normalized spacial score (nSPS) is 16.9. The third-order valence-electron chi connectivity index (χ3n) is 4.46. The van der Waals surface area contributed by atoms with Crippen LogP contribution in [0.15, 0.2) is 42.5 Å². The fourth-order valence-corrected chi connectivity index (χ4v) is 3.39. The number of aryl methyl sites for hydroxylation is 2.